The van der Waals surface area contributed by atoms with E-state index in [1.165, 1.54) is 0 Å². The maximum absolute atomic E-state index is 10.1. The number of aliphatic hydroxyl groups is 1. The minimum atomic E-state index is -0.913. The Bertz CT molecular complexity index is 127. The van der Waals surface area contributed by atoms with Crippen LogP contribution in [0.25, 0.3) is 0 Å². The molecule has 0 aromatic carbocycles. The first kappa shape index (κ1) is 14.9. The molecule has 13 heavy (non-hydrogen) atoms. The Labute approximate surface area is 78.7 Å². The van der Waals surface area contributed by atoms with Gasteiger partial charge < -0.3 is 21.7 Å². The first-order valence-corrected chi connectivity index (χ1v) is 4.25. The molecule has 1 atom stereocenters. The molecule has 0 unspecified atom stereocenters. The average molecular weight is 192 g/mol. The van der Waals surface area contributed by atoms with Crippen molar-refractivity contribution in [3.63, 3.8) is 0 Å². The molecule has 5 heteroatoms. The number of carboxylic acids is 1. The lowest BCUT2D eigenvalue weighted by Crippen LogP contribution is -2.31. The highest BCUT2D eigenvalue weighted by Crippen LogP contribution is 2.01. The number of aliphatic carboxylic acids is 1. The number of carbonyl (C=O) groups is 1. The van der Waals surface area contributed by atoms with Gasteiger partial charge in [0.25, 0.3) is 0 Å². The SMILES string of the molecule is CC(C)C[C@H](N)C(=O)O.NCCO. The van der Waals surface area contributed by atoms with Gasteiger partial charge in [-0.3, -0.25) is 4.79 Å². The highest BCUT2D eigenvalue weighted by molar-refractivity contribution is 5.72. The van der Waals surface area contributed by atoms with Gasteiger partial charge in [-0.25, -0.2) is 0 Å². The highest BCUT2D eigenvalue weighted by atomic mass is 16.4. The molecule has 0 fully saturated rings. The summed E-state index contributed by atoms with van der Waals surface area (Å²) in [6, 6.07) is -0.690. The van der Waals surface area contributed by atoms with Gasteiger partial charge in [-0.15, -0.1) is 0 Å². The van der Waals surface area contributed by atoms with Crippen molar-refractivity contribution >= 4 is 5.97 Å². The van der Waals surface area contributed by atoms with Crippen LogP contribution in [-0.4, -0.2) is 35.4 Å². The van der Waals surface area contributed by atoms with E-state index in [4.69, 9.17) is 21.7 Å². The van der Waals surface area contributed by atoms with Crippen molar-refractivity contribution in [1.82, 2.24) is 0 Å². The Morgan fingerprint density at radius 1 is 1.46 bits per heavy atom. The molecule has 0 aliphatic rings. The zero-order valence-corrected chi connectivity index (χ0v) is 8.23. The lowest BCUT2D eigenvalue weighted by Gasteiger charge is -2.07. The number of carboxylic acid groups (broad SMARTS) is 1. The second-order valence-corrected chi connectivity index (χ2v) is 3.09. The molecule has 0 saturated heterocycles. The van der Waals surface area contributed by atoms with Crippen LogP contribution in [0.1, 0.15) is 20.3 Å². The number of hydrogen-bond acceptors (Lipinski definition) is 4. The molecule has 0 amide bonds. The summed E-state index contributed by atoms with van der Waals surface area (Å²) in [4.78, 5) is 10.1. The summed E-state index contributed by atoms with van der Waals surface area (Å²) in [5.41, 5.74) is 10.00. The molecule has 5 nitrogen and oxygen atoms in total. The van der Waals surface area contributed by atoms with Crippen molar-refractivity contribution in [2.24, 2.45) is 17.4 Å². The van der Waals surface area contributed by atoms with Crippen LogP contribution >= 0.6 is 0 Å². The van der Waals surface area contributed by atoms with E-state index in [1.54, 1.807) is 0 Å². The third-order valence-corrected chi connectivity index (χ3v) is 1.17. The van der Waals surface area contributed by atoms with Gasteiger partial charge in [0.15, 0.2) is 0 Å². The van der Waals surface area contributed by atoms with Crippen LogP contribution in [0.3, 0.4) is 0 Å². The summed E-state index contributed by atoms with van der Waals surface area (Å²) in [5, 5.41) is 16.1. The van der Waals surface area contributed by atoms with Crippen LogP contribution in [0.5, 0.6) is 0 Å². The van der Waals surface area contributed by atoms with Gasteiger partial charge in [0.2, 0.25) is 0 Å². The summed E-state index contributed by atoms with van der Waals surface area (Å²) >= 11 is 0. The molecule has 0 heterocycles. The van der Waals surface area contributed by atoms with E-state index in [2.05, 4.69) is 0 Å². The molecule has 0 aromatic heterocycles. The molecule has 0 saturated carbocycles. The molecular weight excluding hydrogens is 172 g/mol. The molecule has 80 valence electrons. The standard InChI is InChI=1S/C6H13NO2.C2H7NO/c1-4(2)3-5(7)6(8)9;3-1-2-4/h4-5H,3,7H2,1-2H3,(H,8,9);4H,1-3H2/t5-;/m0./s1. The Hall–Kier alpha value is -0.650. The molecule has 0 radical (unpaired) electrons. The fraction of sp³-hybridized carbons (Fsp3) is 0.875. The average Bonchev–Trinajstić information content (AvgIpc) is 2.03. The van der Waals surface area contributed by atoms with Gasteiger partial charge in [-0.2, -0.15) is 0 Å². The van der Waals surface area contributed by atoms with Gasteiger partial charge in [0.05, 0.1) is 6.61 Å². The fourth-order valence-corrected chi connectivity index (χ4v) is 0.609. The topological polar surface area (TPSA) is 110 Å². The Morgan fingerprint density at radius 2 is 1.85 bits per heavy atom. The van der Waals surface area contributed by atoms with E-state index in [9.17, 15) is 4.79 Å². The fourth-order valence-electron chi connectivity index (χ4n) is 0.609. The van der Waals surface area contributed by atoms with Crippen molar-refractivity contribution in [3.8, 4) is 0 Å². The van der Waals surface area contributed by atoms with E-state index in [0.29, 0.717) is 18.9 Å². The minimum absolute atomic E-state index is 0.0972. The Morgan fingerprint density at radius 3 is 1.92 bits per heavy atom. The third kappa shape index (κ3) is 14.2. The second kappa shape index (κ2) is 9.44. The van der Waals surface area contributed by atoms with Crippen LogP contribution < -0.4 is 11.5 Å². The molecular formula is C8H20N2O3. The summed E-state index contributed by atoms with van der Waals surface area (Å²) in [6.07, 6.45) is 0.551. The molecule has 6 N–H and O–H groups in total. The predicted molar refractivity (Wildman–Crippen MR) is 51.2 cm³/mol. The van der Waals surface area contributed by atoms with Gasteiger partial charge in [0.1, 0.15) is 6.04 Å². The number of aliphatic hydroxyl groups excluding tert-OH is 1. The van der Waals surface area contributed by atoms with Crippen LogP contribution in [0.4, 0.5) is 0 Å². The Balaban J connectivity index is 0. The molecule has 0 aliphatic heterocycles. The molecule has 0 rings (SSSR count). The quantitative estimate of drug-likeness (QED) is 0.474. The lowest BCUT2D eigenvalue weighted by molar-refractivity contribution is -0.138. The first-order chi connectivity index (χ1) is 5.95. The molecule has 0 aliphatic carbocycles. The Kier molecular flexibility index (Phi) is 10.8. The lowest BCUT2D eigenvalue weighted by atomic mass is 10.1. The summed E-state index contributed by atoms with van der Waals surface area (Å²) in [6.45, 7) is 4.37. The summed E-state index contributed by atoms with van der Waals surface area (Å²) in [7, 11) is 0. The number of hydrogen-bond donors (Lipinski definition) is 4. The van der Waals surface area contributed by atoms with Crippen molar-refractivity contribution in [3.05, 3.63) is 0 Å². The molecule has 0 bridgehead atoms. The number of rotatable bonds is 4. The van der Waals surface area contributed by atoms with Gasteiger partial charge in [0, 0.05) is 6.54 Å². The number of nitrogens with two attached hydrogens (primary N) is 2. The maximum Gasteiger partial charge on any atom is 0.320 e. The predicted octanol–water partition coefficient (Wildman–Crippen LogP) is -0.618. The van der Waals surface area contributed by atoms with E-state index >= 15 is 0 Å². The van der Waals surface area contributed by atoms with Crippen molar-refractivity contribution in [2.45, 2.75) is 26.3 Å². The second-order valence-electron chi connectivity index (χ2n) is 3.09. The van der Waals surface area contributed by atoms with Gasteiger partial charge >= 0.3 is 5.97 Å². The molecule has 0 spiro atoms. The first-order valence-electron chi connectivity index (χ1n) is 4.25. The largest absolute Gasteiger partial charge is 0.480 e. The minimum Gasteiger partial charge on any atom is -0.480 e. The van der Waals surface area contributed by atoms with Crippen LogP contribution in [-0.2, 0) is 4.79 Å². The van der Waals surface area contributed by atoms with Gasteiger partial charge in [-0.05, 0) is 12.3 Å². The van der Waals surface area contributed by atoms with Gasteiger partial charge in [-0.1, -0.05) is 13.8 Å². The summed E-state index contributed by atoms with van der Waals surface area (Å²) in [5.74, 6) is -0.556. The van der Waals surface area contributed by atoms with Crippen LogP contribution in [0.15, 0.2) is 0 Å². The van der Waals surface area contributed by atoms with E-state index in [-0.39, 0.29) is 6.61 Å². The van der Waals surface area contributed by atoms with E-state index in [0.717, 1.165) is 0 Å². The highest BCUT2D eigenvalue weighted by Gasteiger charge is 2.11. The van der Waals surface area contributed by atoms with Crippen molar-refractivity contribution in [1.29, 1.82) is 0 Å². The smallest absolute Gasteiger partial charge is 0.320 e. The zero-order valence-electron chi connectivity index (χ0n) is 8.23. The van der Waals surface area contributed by atoms with Crippen molar-refractivity contribution < 1.29 is 15.0 Å². The summed E-state index contributed by atoms with van der Waals surface area (Å²) < 4.78 is 0. The molecule has 0 aromatic rings. The third-order valence-electron chi connectivity index (χ3n) is 1.17. The maximum atomic E-state index is 10.1. The van der Waals surface area contributed by atoms with Crippen LogP contribution in [0.2, 0.25) is 0 Å². The normalized spacial score (nSPS) is 11.8. The monoisotopic (exact) mass is 192 g/mol. The van der Waals surface area contributed by atoms with E-state index in [1.807, 2.05) is 13.8 Å². The van der Waals surface area contributed by atoms with Crippen LogP contribution in [0, 0.1) is 5.92 Å². The van der Waals surface area contributed by atoms with E-state index < -0.39 is 12.0 Å². The zero-order chi connectivity index (χ0) is 10.9. The van der Waals surface area contributed by atoms with Crippen molar-refractivity contribution in [2.75, 3.05) is 13.2 Å².